The number of hydrogen-bond donors (Lipinski definition) is 2. The highest BCUT2D eigenvalue weighted by atomic mass is 19.1. The molecule has 1 heterocycles. The van der Waals surface area contributed by atoms with Crippen LogP contribution in [0.25, 0.3) is 0 Å². The number of amides is 1. The van der Waals surface area contributed by atoms with Crippen LogP contribution in [0.2, 0.25) is 0 Å². The Bertz CT molecular complexity index is 1070. The number of nitrogens with zero attached hydrogens (tertiary/aromatic N) is 3. The fourth-order valence-corrected chi connectivity index (χ4v) is 3.24. The molecule has 0 atom stereocenters. The largest absolute Gasteiger partial charge is 0.326 e. The average Bonchev–Trinajstić information content (AvgIpc) is 3.03. The number of aliphatic imine (C=N–C) groups is 1. The van der Waals surface area contributed by atoms with Crippen molar-refractivity contribution in [3.05, 3.63) is 82.7 Å². The van der Waals surface area contributed by atoms with Gasteiger partial charge in [-0.2, -0.15) is 5.10 Å². The molecule has 0 aliphatic carbocycles. The zero-order valence-corrected chi connectivity index (χ0v) is 17.7. The molecule has 6 nitrogen and oxygen atoms in total. The van der Waals surface area contributed by atoms with E-state index in [0.29, 0.717) is 24.2 Å². The van der Waals surface area contributed by atoms with E-state index in [0.717, 1.165) is 23.5 Å². The topological polar surface area (TPSA) is 71.3 Å². The van der Waals surface area contributed by atoms with Crippen LogP contribution in [0.1, 0.15) is 34.2 Å². The quantitative estimate of drug-likeness (QED) is 0.458. The summed E-state index contributed by atoms with van der Waals surface area (Å²) in [4.78, 5) is 17.1. The van der Waals surface area contributed by atoms with E-state index in [-0.39, 0.29) is 11.8 Å². The van der Waals surface area contributed by atoms with Gasteiger partial charge in [-0.15, -0.1) is 0 Å². The number of hydrogen-bond acceptors (Lipinski definition) is 3. The van der Waals surface area contributed by atoms with E-state index >= 15 is 0 Å². The number of carbonyl (C=O) groups is 1. The number of rotatable bonds is 6. The summed E-state index contributed by atoms with van der Waals surface area (Å²) in [7, 11) is 0. The standard InChI is InChI=1S/C23H25F2N5O/c1-4-30-16(3)21(15(2)29-30)13-14-26-23(27-20-11-9-19(25)10-12-20)28-22(31)17-5-7-18(24)8-6-17/h5-12H,4,13-14H2,1-3H3,(H2,26,27,28,31). The number of anilines is 1. The number of carbonyl (C=O) groups excluding carboxylic acids is 1. The molecule has 3 aromatic rings. The number of guanidine groups is 1. The highest BCUT2D eigenvalue weighted by molar-refractivity contribution is 6.09. The Hall–Kier alpha value is -3.55. The number of benzene rings is 2. The molecule has 0 fully saturated rings. The smallest absolute Gasteiger partial charge is 0.257 e. The van der Waals surface area contributed by atoms with E-state index in [1.807, 2.05) is 25.5 Å². The zero-order chi connectivity index (χ0) is 22.4. The minimum absolute atomic E-state index is 0.221. The molecule has 1 amide bonds. The molecular formula is C23H25F2N5O. The van der Waals surface area contributed by atoms with Gasteiger partial charge in [-0.1, -0.05) is 0 Å². The lowest BCUT2D eigenvalue weighted by Gasteiger charge is -2.12. The van der Waals surface area contributed by atoms with Crippen molar-refractivity contribution in [2.75, 3.05) is 11.9 Å². The molecule has 3 rings (SSSR count). The maximum absolute atomic E-state index is 13.2. The summed E-state index contributed by atoms with van der Waals surface area (Å²) in [5.74, 6) is -0.995. The first-order valence-corrected chi connectivity index (χ1v) is 10.0. The van der Waals surface area contributed by atoms with Gasteiger partial charge in [0, 0.05) is 30.0 Å². The highest BCUT2D eigenvalue weighted by Gasteiger charge is 2.12. The van der Waals surface area contributed by atoms with Gasteiger partial charge >= 0.3 is 0 Å². The van der Waals surface area contributed by atoms with Gasteiger partial charge in [0.05, 0.1) is 5.69 Å². The molecule has 0 spiro atoms. The number of halogens is 2. The summed E-state index contributed by atoms with van der Waals surface area (Å²) >= 11 is 0. The average molecular weight is 425 g/mol. The normalized spacial score (nSPS) is 11.5. The van der Waals surface area contributed by atoms with Crippen LogP contribution in [0, 0.1) is 25.5 Å². The van der Waals surface area contributed by atoms with Crippen molar-refractivity contribution in [1.82, 2.24) is 15.1 Å². The molecule has 31 heavy (non-hydrogen) atoms. The first-order valence-electron chi connectivity index (χ1n) is 10.0. The van der Waals surface area contributed by atoms with E-state index in [1.54, 1.807) is 12.1 Å². The predicted octanol–water partition coefficient (Wildman–Crippen LogP) is 4.24. The van der Waals surface area contributed by atoms with Gasteiger partial charge in [0.15, 0.2) is 0 Å². The fourth-order valence-electron chi connectivity index (χ4n) is 3.24. The van der Waals surface area contributed by atoms with Crippen molar-refractivity contribution in [2.24, 2.45) is 4.99 Å². The van der Waals surface area contributed by atoms with Gasteiger partial charge in [0.25, 0.3) is 5.91 Å². The van der Waals surface area contributed by atoms with Crippen LogP contribution in [-0.4, -0.2) is 28.2 Å². The fraction of sp³-hybridized carbons (Fsp3) is 0.261. The minimum Gasteiger partial charge on any atom is -0.326 e. The van der Waals surface area contributed by atoms with Gasteiger partial charge in [0.1, 0.15) is 11.6 Å². The molecule has 8 heteroatoms. The third-order valence-corrected chi connectivity index (χ3v) is 4.91. The van der Waals surface area contributed by atoms with E-state index in [2.05, 4.69) is 20.7 Å². The summed E-state index contributed by atoms with van der Waals surface area (Å²) in [6.07, 6.45) is 0.651. The SMILES string of the molecule is CCn1nc(C)c(CCN=C(NC(=O)c2ccc(F)cc2)Nc2ccc(F)cc2)c1C. The maximum atomic E-state index is 13.2. The second kappa shape index (κ2) is 9.97. The first-order chi connectivity index (χ1) is 14.9. The van der Waals surface area contributed by atoms with Gasteiger partial charge < -0.3 is 5.32 Å². The molecule has 2 aromatic carbocycles. The van der Waals surface area contributed by atoms with Crippen molar-refractivity contribution in [3.8, 4) is 0 Å². The van der Waals surface area contributed by atoms with Gasteiger partial charge in [0.2, 0.25) is 5.96 Å². The van der Waals surface area contributed by atoms with E-state index in [9.17, 15) is 13.6 Å². The van der Waals surface area contributed by atoms with Crippen molar-refractivity contribution in [2.45, 2.75) is 33.7 Å². The van der Waals surface area contributed by atoms with Crippen LogP contribution in [0.5, 0.6) is 0 Å². The third-order valence-electron chi connectivity index (χ3n) is 4.91. The lowest BCUT2D eigenvalue weighted by atomic mass is 10.1. The highest BCUT2D eigenvalue weighted by Crippen LogP contribution is 2.14. The molecule has 2 N–H and O–H groups in total. The number of aryl methyl sites for hydroxylation is 2. The van der Waals surface area contributed by atoms with Crippen LogP contribution >= 0.6 is 0 Å². The molecule has 0 saturated heterocycles. The molecule has 1 aromatic heterocycles. The Morgan fingerprint density at radius 1 is 1.03 bits per heavy atom. The Labute approximate surface area is 180 Å². The number of nitrogens with one attached hydrogen (secondary N) is 2. The van der Waals surface area contributed by atoms with Crippen molar-refractivity contribution >= 4 is 17.6 Å². The Morgan fingerprint density at radius 3 is 2.23 bits per heavy atom. The monoisotopic (exact) mass is 425 g/mol. The van der Waals surface area contributed by atoms with E-state index in [4.69, 9.17) is 0 Å². The molecule has 0 unspecified atom stereocenters. The van der Waals surface area contributed by atoms with Gasteiger partial charge in [-0.05, 0) is 81.3 Å². The van der Waals surface area contributed by atoms with Crippen molar-refractivity contribution in [1.29, 1.82) is 0 Å². The molecule has 0 radical (unpaired) electrons. The number of aromatic nitrogens is 2. The maximum Gasteiger partial charge on any atom is 0.257 e. The molecule has 0 aliphatic heterocycles. The van der Waals surface area contributed by atoms with Crippen LogP contribution in [-0.2, 0) is 13.0 Å². The van der Waals surface area contributed by atoms with Crippen LogP contribution < -0.4 is 10.6 Å². The second-order valence-corrected chi connectivity index (χ2v) is 7.04. The summed E-state index contributed by atoms with van der Waals surface area (Å²) in [6, 6.07) is 11.0. The predicted molar refractivity (Wildman–Crippen MR) is 117 cm³/mol. The van der Waals surface area contributed by atoms with Gasteiger partial charge in [-0.3, -0.25) is 19.8 Å². The molecule has 0 saturated carbocycles. The second-order valence-electron chi connectivity index (χ2n) is 7.04. The van der Waals surface area contributed by atoms with Crippen LogP contribution in [0.3, 0.4) is 0 Å². The Kier molecular flexibility index (Phi) is 7.12. The van der Waals surface area contributed by atoms with E-state index in [1.165, 1.54) is 36.4 Å². The summed E-state index contributed by atoms with van der Waals surface area (Å²) < 4.78 is 28.3. The molecule has 162 valence electrons. The lowest BCUT2D eigenvalue weighted by molar-refractivity contribution is 0.0977. The zero-order valence-electron chi connectivity index (χ0n) is 17.7. The lowest BCUT2D eigenvalue weighted by Crippen LogP contribution is -2.36. The Morgan fingerprint density at radius 2 is 1.65 bits per heavy atom. The van der Waals surface area contributed by atoms with Crippen LogP contribution in [0.4, 0.5) is 14.5 Å². The first kappa shape index (κ1) is 22.1. The summed E-state index contributed by atoms with van der Waals surface area (Å²) in [6.45, 7) is 7.23. The molecule has 0 bridgehead atoms. The summed E-state index contributed by atoms with van der Waals surface area (Å²) in [5.41, 5.74) is 4.05. The van der Waals surface area contributed by atoms with Gasteiger partial charge in [-0.25, -0.2) is 8.78 Å². The van der Waals surface area contributed by atoms with Crippen molar-refractivity contribution < 1.29 is 13.6 Å². The minimum atomic E-state index is -0.431. The Balaban J connectivity index is 1.77. The third kappa shape index (κ3) is 5.75. The molecule has 0 aliphatic rings. The summed E-state index contributed by atoms with van der Waals surface area (Å²) in [5, 5.41) is 10.2. The molecular weight excluding hydrogens is 400 g/mol. The van der Waals surface area contributed by atoms with Crippen LogP contribution in [0.15, 0.2) is 53.5 Å². The van der Waals surface area contributed by atoms with Crippen molar-refractivity contribution in [3.63, 3.8) is 0 Å². The van der Waals surface area contributed by atoms with E-state index < -0.39 is 11.7 Å².